The van der Waals surface area contributed by atoms with E-state index in [1.54, 1.807) is 26.4 Å². The Hall–Kier alpha value is -1.69. The quantitative estimate of drug-likeness (QED) is 0.715. The molecule has 0 bridgehead atoms. The highest BCUT2D eigenvalue weighted by Gasteiger charge is 2.04. The van der Waals surface area contributed by atoms with E-state index in [4.69, 9.17) is 44.9 Å². The third kappa shape index (κ3) is 5.44. The van der Waals surface area contributed by atoms with Crippen molar-refractivity contribution < 1.29 is 9.47 Å². The maximum absolute atomic E-state index is 5.98. The highest BCUT2D eigenvalue weighted by atomic mass is 35.5. The minimum Gasteiger partial charge on any atom is -0.497 e. The molecule has 0 aliphatic rings. The molecule has 4 nitrogen and oxygen atoms in total. The molecule has 7 heteroatoms. The van der Waals surface area contributed by atoms with Crippen molar-refractivity contribution in [2.45, 2.75) is 6.42 Å². The molecule has 0 heterocycles. The first-order chi connectivity index (χ1) is 11.5. The average Bonchev–Trinajstić information content (AvgIpc) is 2.57. The average molecular weight is 385 g/mol. The molecule has 0 saturated heterocycles. The Morgan fingerprint density at radius 2 is 1.67 bits per heavy atom. The van der Waals surface area contributed by atoms with Gasteiger partial charge in [0.05, 0.1) is 24.3 Å². The first-order valence-corrected chi connectivity index (χ1v) is 8.40. The number of anilines is 1. The highest BCUT2D eigenvalue weighted by Crippen LogP contribution is 2.25. The molecule has 0 spiro atoms. The minimum atomic E-state index is 0.480. The minimum absolute atomic E-state index is 0.480. The van der Waals surface area contributed by atoms with Crippen LogP contribution in [0.5, 0.6) is 11.5 Å². The maximum atomic E-state index is 5.98. The van der Waals surface area contributed by atoms with Crippen LogP contribution in [0, 0.1) is 0 Å². The van der Waals surface area contributed by atoms with Gasteiger partial charge in [0.25, 0.3) is 0 Å². The first-order valence-electron chi connectivity index (χ1n) is 7.23. The zero-order valence-corrected chi connectivity index (χ0v) is 15.7. The third-order valence-corrected chi connectivity index (χ3v) is 4.27. The van der Waals surface area contributed by atoms with Gasteiger partial charge in [-0.2, -0.15) is 0 Å². The number of hydrogen-bond donors (Lipinski definition) is 2. The molecular weight excluding hydrogens is 367 g/mol. The Balaban J connectivity index is 1.87. The summed E-state index contributed by atoms with van der Waals surface area (Å²) in [5, 5.41) is 7.72. The summed E-state index contributed by atoms with van der Waals surface area (Å²) in [4.78, 5) is 0. The fraction of sp³-hybridized carbons (Fsp3) is 0.235. The lowest BCUT2D eigenvalue weighted by molar-refractivity contribution is 0.393. The SMILES string of the molecule is COc1cc(CCNC(=S)Nc2ccc(Cl)c(Cl)c2)cc(OC)c1. The van der Waals surface area contributed by atoms with E-state index in [0.717, 1.165) is 29.2 Å². The number of thiocarbonyl (C=S) groups is 1. The van der Waals surface area contributed by atoms with Gasteiger partial charge in [0.1, 0.15) is 11.5 Å². The summed E-state index contributed by atoms with van der Waals surface area (Å²) in [5.74, 6) is 1.53. The summed E-state index contributed by atoms with van der Waals surface area (Å²) >= 11 is 17.1. The zero-order chi connectivity index (χ0) is 17.5. The summed E-state index contributed by atoms with van der Waals surface area (Å²) in [6.07, 6.45) is 0.775. The Labute approximate surface area is 157 Å². The molecule has 0 radical (unpaired) electrons. The number of ether oxygens (including phenoxy) is 2. The summed E-state index contributed by atoms with van der Waals surface area (Å²) in [5.41, 5.74) is 1.88. The smallest absolute Gasteiger partial charge is 0.170 e. The van der Waals surface area contributed by atoms with Crippen LogP contribution < -0.4 is 20.1 Å². The van der Waals surface area contributed by atoms with Crippen molar-refractivity contribution in [1.82, 2.24) is 5.32 Å². The maximum Gasteiger partial charge on any atom is 0.170 e. The molecule has 0 aliphatic heterocycles. The third-order valence-electron chi connectivity index (χ3n) is 3.29. The molecular formula is C17H18Cl2N2O2S. The predicted octanol–water partition coefficient (Wildman–Crippen LogP) is 4.54. The lowest BCUT2D eigenvalue weighted by Gasteiger charge is -2.12. The topological polar surface area (TPSA) is 42.5 Å². The molecule has 2 aromatic carbocycles. The Morgan fingerprint density at radius 3 is 2.25 bits per heavy atom. The number of methoxy groups -OCH3 is 2. The second kappa shape index (κ2) is 8.97. The monoisotopic (exact) mass is 384 g/mol. The van der Waals surface area contributed by atoms with Crippen molar-refractivity contribution in [2.75, 3.05) is 26.1 Å². The fourth-order valence-electron chi connectivity index (χ4n) is 2.08. The van der Waals surface area contributed by atoms with Crippen LogP contribution in [0.15, 0.2) is 36.4 Å². The normalized spacial score (nSPS) is 10.2. The molecule has 0 amide bonds. The summed E-state index contributed by atoms with van der Waals surface area (Å²) in [6.45, 7) is 0.670. The van der Waals surface area contributed by atoms with Crippen LogP contribution in [0.1, 0.15) is 5.56 Å². The number of hydrogen-bond acceptors (Lipinski definition) is 3. The number of halogens is 2. The number of nitrogens with one attached hydrogen (secondary N) is 2. The molecule has 2 rings (SSSR count). The van der Waals surface area contributed by atoms with Crippen LogP contribution >= 0.6 is 35.4 Å². The van der Waals surface area contributed by atoms with Crippen LogP contribution in [-0.2, 0) is 6.42 Å². The zero-order valence-electron chi connectivity index (χ0n) is 13.4. The molecule has 0 fully saturated rings. The van der Waals surface area contributed by atoms with Gasteiger partial charge in [-0.25, -0.2) is 0 Å². The van der Waals surface area contributed by atoms with Crippen LogP contribution in [0.2, 0.25) is 10.0 Å². The van der Waals surface area contributed by atoms with Gasteiger partial charge in [-0.1, -0.05) is 23.2 Å². The number of rotatable bonds is 6. The molecule has 0 aromatic heterocycles. The van der Waals surface area contributed by atoms with Crippen molar-refractivity contribution in [3.63, 3.8) is 0 Å². The predicted molar refractivity (Wildman–Crippen MR) is 104 cm³/mol. The van der Waals surface area contributed by atoms with E-state index < -0.39 is 0 Å². The molecule has 0 aliphatic carbocycles. The number of benzene rings is 2. The van der Waals surface area contributed by atoms with Crippen molar-refractivity contribution in [2.24, 2.45) is 0 Å². The summed E-state index contributed by atoms with van der Waals surface area (Å²) in [7, 11) is 3.26. The molecule has 2 aromatic rings. The van der Waals surface area contributed by atoms with Crippen molar-refractivity contribution in [3.05, 3.63) is 52.0 Å². The summed E-state index contributed by atoms with van der Waals surface area (Å²) in [6, 6.07) is 11.0. The molecule has 0 unspecified atom stereocenters. The van der Waals surface area contributed by atoms with Gasteiger partial charge in [-0.15, -0.1) is 0 Å². The van der Waals surface area contributed by atoms with Crippen molar-refractivity contribution in [1.29, 1.82) is 0 Å². The molecule has 0 saturated carbocycles. The van der Waals surface area contributed by atoms with Crippen molar-refractivity contribution >= 4 is 46.2 Å². The fourth-order valence-corrected chi connectivity index (χ4v) is 2.60. The van der Waals surface area contributed by atoms with Gasteiger partial charge in [-0.05, 0) is 54.5 Å². The Bertz CT molecular complexity index is 703. The van der Waals surface area contributed by atoms with Gasteiger partial charge in [-0.3, -0.25) is 0 Å². The van der Waals surface area contributed by atoms with Crippen LogP contribution in [0.25, 0.3) is 0 Å². The van der Waals surface area contributed by atoms with E-state index in [-0.39, 0.29) is 0 Å². The standard InChI is InChI=1S/C17H18Cl2N2O2S/c1-22-13-7-11(8-14(10-13)23-2)5-6-20-17(24)21-12-3-4-15(18)16(19)9-12/h3-4,7-10H,5-6H2,1-2H3,(H2,20,21,24). The molecule has 0 atom stereocenters. The largest absolute Gasteiger partial charge is 0.497 e. The van der Waals surface area contributed by atoms with E-state index in [0.29, 0.717) is 21.7 Å². The second-order valence-electron chi connectivity index (χ2n) is 4.98. The first kappa shape index (κ1) is 18.6. The lowest BCUT2D eigenvalue weighted by Crippen LogP contribution is -2.30. The summed E-state index contributed by atoms with van der Waals surface area (Å²) < 4.78 is 10.5. The highest BCUT2D eigenvalue weighted by molar-refractivity contribution is 7.80. The van der Waals surface area contributed by atoms with Crippen molar-refractivity contribution in [3.8, 4) is 11.5 Å². The van der Waals surface area contributed by atoms with Gasteiger partial charge in [0.15, 0.2) is 5.11 Å². The lowest BCUT2D eigenvalue weighted by atomic mass is 10.1. The second-order valence-corrected chi connectivity index (χ2v) is 6.20. The van der Waals surface area contributed by atoms with E-state index in [1.807, 2.05) is 24.3 Å². The van der Waals surface area contributed by atoms with Gasteiger partial charge >= 0.3 is 0 Å². The Morgan fingerprint density at radius 1 is 1.00 bits per heavy atom. The van der Waals surface area contributed by atoms with E-state index in [1.165, 1.54) is 0 Å². The van der Waals surface area contributed by atoms with Gasteiger partial charge in [0, 0.05) is 18.3 Å². The van der Waals surface area contributed by atoms with Crippen LogP contribution in [0.4, 0.5) is 5.69 Å². The van der Waals surface area contributed by atoms with Crippen LogP contribution in [0.3, 0.4) is 0 Å². The van der Waals surface area contributed by atoms with Gasteiger partial charge in [0.2, 0.25) is 0 Å². The van der Waals surface area contributed by atoms with E-state index in [2.05, 4.69) is 10.6 Å². The van der Waals surface area contributed by atoms with Gasteiger partial charge < -0.3 is 20.1 Å². The van der Waals surface area contributed by atoms with E-state index in [9.17, 15) is 0 Å². The van der Waals surface area contributed by atoms with Crippen LogP contribution in [-0.4, -0.2) is 25.9 Å². The molecule has 24 heavy (non-hydrogen) atoms. The Kier molecular flexibility index (Phi) is 6.97. The van der Waals surface area contributed by atoms with E-state index >= 15 is 0 Å². The molecule has 128 valence electrons. The molecule has 2 N–H and O–H groups in total.